The van der Waals surface area contributed by atoms with Crippen LogP contribution in [0.25, 0.3) is 0 Å². The van der Waals surface area contributed by atoms with Gasteiger partial charge in [-0.15, -0.1) is 0 Å². The van der Waals surface area contributed by atoms with Crippen molar-refractivity contribution in [2.24, 2.45) is 5.41 Å². The van der Waals surface area contributed by atoms with Crippen molar-refractivity contribution in [2.45, 2.75) is 13.0 Å². The van der Waals surface area contributed by atoms with Crippen molar-refractivity contribution < 1.29 is 19.4 Å². The lowest BCUT2D eigenvalue weighted by Crippen LogP contribution is -2.49. The number of amides is 1. The van der Waals surface area contributed by atoms with Crippen LogP contribution in [0.1, 0.15) is 17.3 Å². The predicted octanol–water partition coefficient (Wildman–Crippen LogP) is -0.304. The van der Waals surface area contributed by atoms with Crippen molar-refractivity contribution >= 4 is 11.9 Å². The second-order valence-electron chi connectivity index (χ2n) is 4.39. The fourth-order valence-electron chi connectivity index (χ4n) is 1.74. The van der Waals surface area contributed by atoms with E-state index in [1.807, 2.05) is 0 Å². The lowest BCUT2D eigenvalue weighted by Gasteiger charge is -2.25. The summed E-state index contributed by atoms with van der Waals surface area (Å²) in [5.74, 6) is -1.40. The first-order valence-electron chi connectivity index (χ1n) is 5.41. The van der Waals surface area contributed by atoms with E-state index in [9.17, 15) is 14.7 Å². The van der Waals surface area contributed by atoms with Crippen molar-refractivity contribution in [1.29, 1.82) is 0 Å². The molecule has 2 heterocycles. The summed E-state index contributed by atoms with van der Waals surface area (Å²) in [7, 11) is 0. The van der Waals surface area contributed by atoms with Gasteiger partial charge in [-0.3, -0.25) is 9.59 Å². The van der Waals surface area contributed by atoms with Gasteiger partial charge < -0.3 is 15.2 Å². The molecular formula is C11H13N3O4. The number of nitrogens with zero attached hydrogens (tertiary/aromatic N) is 2. The zero-order valence-corrected chi connectivity index (χ0v) is 9.79. The van der Waals surface area contributed by atoms with Crippen LogP contribution in [-0.2, 0) is 9.53 Å². The summed E-state index contributed by atoms with van der Waals surface area (Å²) in [5, 5.41) is 11.8. The molecule has 2 rings (SSSR count). The summed E-state index contributed by atoms with van der Waals surface area (Å²) in [6, 6.07) is -0.567. The van der Waals surface area contributed by atoms with E-state index in [2.05, 4.69) is 15.3 Å². The maximum atomic E-state index is 11.9. The number of carboxylic acid groups (broad SMARTS) is 1. The first-order valence-corrected chi connectivity index (χ1v) is 5.41. The molecule has 1 aromatic rings. The summed E-state index contributed by atoms with van der Waals surface area (Å²) >= 11 is 0. The van der Waals surface area contributed by atoms with Crippen LogP contribution >= 0.6 is 0 Å². The highest BCUT2D eigenvalue weighted by Crippen LogP contribution is 2.28. The maximum Gasteiger partial charge on any atom is 0.313 e. The molecule has 1 aliphatic rings. The van der Waals surface area contributed by atoms with Crippen molar-refractivity contribution in [2.75, 3.05) is 13.2 Å². The Morgan fingerprint density at radius 2 is 2.17 bits per heavy atom. The second-order valence-corrected chi connectivity index (χ2v) is 4.39. The van der Waals surface area contributed by atoms with Crippen LogP contribution in [-0.4, -0.2) is 46.2 Å². The molecule has 1 amide bonds. The van der Waals surface area contributed by atoms with Gasteiger partial charge in [-0.2, -0.15) is 0 Å². The van der Waals surface area contributed by atoms with Crippen LogP contribution in [0.15, 0.2) is 18.7 Å². The van der Waals surface area contributed by atoms with E-state index < -0.39 is 23.3 Å². The Morgan fingerprint density at radius 3 is 2.78 bits per heavy atom. The van der Waals surface area contributed by atoms with Gasteiger partial charge in [0.15, 0.2) is 0 Å². The van der Waals surface area contributed by atoms with E-state index in [1.54, 1.807) is 6.92 Å². The topological polar surface area (TPSA) is 101 Å². The Hall–Kier alpha value is -2.02. The van der Waals surface area contributed by atoms with E-state index in [0.29, 0.717) is 0 Å². The molecule has 1 saturated heterocycles. The Morgan fingerprint density at radius 1 is 1.50 bits per heavy atom. The van der Waals surface area contributed by atoms with Gasteiger partial charge in [-0.25, -0.2) is 9.97 Å². The number of carbonyl (C=O) groups excluding carboxylic acids is 1. The Kier molecular flexibility index (Phi) is 3.24. The molecular weight excluding hydrogens is 238 g/mol. The minimum Gasteiger partial charge on any atom is -0.481 e. The maximum absolute atomic E-state index is 11.9. The molecule has 18 heavy (non-hydrogen) atoms. The molecule has 0 bridgehead atoms. The number of aromatic nitrogens is 2. The van der Waals surface area contributed by atoms with E-state index >= 15 is 0 Å². The number of nitrogens with one attached hydrogen (secondary N) is 1. The van der Waals surface area contributed by atoms with Gasteiger partial charge in [-0.1, -0.05) is 0 Å². The van der Waals surface area contributed by atoms with Crippen LogP contribution in [0.5, 0.6) is 0 Å². The summed E-state index contributed by atoms with van der Waals surface area (Å²) in [6.07, 6.45) is 4.06. The molecule has 96 valence electrons. The quantitative estimate of drug-likeness (QED) is 0.764. The molecule has 2 atom stereocenters. The molecule has 1 aliphatic heterocycles. The first-order chi connectivity index (χ1) is 8.54. The third-order valence-electron chi connectivity index (χ3n) is 3.07. The SMILES string of the molecule is CC1(C(=O)O)COCC1NC(=O)c1cncnc1. The first kappa shape index (κ1) is 12.4. The average Bonchev–Trinajstić information content (AvgIpc) is 2.73. The average molecular weight is 251 g/mol. The molecule has 0 spiro atoms. The highest BCUT2D eigenvalue weighted by Gasteiger charge is 2.47. The number of ether oxygens (including phenoxy) is 1. The zero-order chi connectivity index (χ0) is 13.2. The van der Waals surface area contributed by atoms with Crippen LogP contribution in [0.4, 0.5) is 0 Å². The third kappa shape index (κ3) is 2.17. The van der Waals surface area contributed by atoms with Crippen molar-refractivity contribution in [1.82, 2.24) is 15.3 Å². The molecule has 1 fully saturated rings. The van der Waals surface area contributed by atoms with Gasteiger partial charge in [0.2, 0.25) is 0 Å². The van der Waals surface area contributed by atoms with Crippen LogP contribution in [0, 0.1) is 5.41 Å². The number of hydrogen-bond acceptors (Lipinski definition) is 5. The highest BCUT2D eigenvalue weighted by molar-refractivity contribution is 5.94. The predicted molar refractivity (Wildman–Crippen MR) is 59.8 cm³/mol. The van der Waals surface area contributed by atoms with Crippen molar-refractivity contribution in [3.63, 3.8) is 0 Å². The van der Waals surface area contributed by atoms with Gasteiger partial charge in [0.05, 0.1) is 24.8 Å². The number of aliphatic carboxylic acids is 1. The van der Waals surface area contributed by atoms with Gasteiger partial charge in [0.1, 0.15) is 11.7 Å². The Balaban J connectivity index is 2.10. The fourth-order valence-corrected chi connectivity index (χ4v) is 1.74. The molecule has 2 unspecified atom stereocenters. The lowest BCUT2D eigenvalue weighted by atomic mass is 9.85. The summed E-state index contributed by atoms with van der Waals surface area (Å²) in [5.41, 5.74) is -0.817. The largest absolute Gasteiger partial charge is 0.481 e. The van der Waals surface area contributed by atoms with Crippen LogP contribution in [0.3, 0.4) is 0 Å². The van der Waals surface area contributed by atoms with Gasteiger partial charge >= 0.3 is 5.97 Å². The molecule has 0 radical (unpaired) electrons. The van der Waals surface area contributed by atoms with E-state index in [-0.39, 0.29) is 18.8 Å². The van der Waals surface area contributed by atoms with Gasteiger partial charge in [0.25, 0.3) is 5.91 Å². The summed E-state index contributed by atoms with van der Waals surface area (Å²) in [4.78, 5) is 30.5. The molecule has 0 aliphatic carbocycles. The van der Waals surface area contributed by atoms with Crippen molar-refractivity contribution in [3.05, 3.63) is 24.3 Å². The molecule has 2 N–H and O–H groups in total. The second kappa shape index (κ2) is 4.69. The minimum absolute atomic E-state index is 0.0819. The van der Waals surface area contributed by atoms with E-state index in [4.69, 9.17) is 4.74 Å². The highest BCUT2D eigenvalue weighted by atomic mass is 16.5. The number of rotatable bonds is 3. The molecule has 0 saturated carbocycles. The van der Waals surface area contributed by atoms with Crippen molar-refractivity contribution in [3.8, 4) is 0 Å². The Bertz CT molecular complexity index is 465. The molecule has 0 aromatic carbocycles. The van der Waals surface area contributed by atoms with E-state index in [0.717, 1.165) is 0 Å². The summed E-state index contributed by atoms with van der Waals surface area (Å²) in [6.45, 7) is 1.82. The Labute approximate surface area is 103 Å². The normalized spacial score (nSPS) is 26.8. The number of carbonyl (C=O) groups is 2. The third-order valence-corrected chi connectivity index (χ3v) is 3.07. The molecule has 7 nitrogen and oxygen atoms in total. The van der Waals surface area contributed by atoms with E-state index in [1.165, 1.54) is 18.7 Å². The minimum atomic E-state index is -1.11. The van der Waals surface area contributed by atoms with Gasteiger partial charge in [-0.05, 0) is 6.92 Å². The molecule has 1 aromatic heterocycles. The monoisotopic (exact) mass is 251 g/mol. The lowest BCUT2D eigenvalue weighted by molar-refractivity contribution is -0.148. The standard InChI is InChI=1S/C11H13N3O4/c1-11(10(16)17)5-18-4-8(11)14-9(15)7-2-12-6-13-3-7/h2-3,6,8H,4-5H2,1H3,(H,14,15)(H,16,17). The molecule has 7 heteroatoms. The van der Waals surface area contributed by atoms with Crippen LogP contribution < -0.4 is 5.32 Å². The summed E-state index contributed by atoms with van der Waals surface area (Å²) < 4.78 is 5.14. The number of hydrogen-bond donors (Lipinski definition) is 2. The van der Waals surface area contributed by atoms with Gasteiger partial charge in [0, 0.05) is 12.4 Å². The smallest absolute Gasteiger partial charge is 0.313 e. The number of carboxylic acids is 1. The fraction of sp³-hybridized carbons (Fsp3) is 0.455. The van der Waals surface area contributed by atoms with Crippen LogP contribution in [0.2, 0.25) is 0 Å². The zero-order valence-electron chi connectivity index (χ0n) is 9.79.